The number of halogens is 1. The molecule has 1 saturated carbocycles. The molecule has 2 atom stereocenters. The van der Waals surface area contributed by atoms with Gasteiger partial charge in [-0.3, -0.25) is 4.79 Å². The monoisotopic (exact) mass is 264 g/mol. The summed E-state index contributed by atoms with van der Waals surface area (Å²) in [5, 5.41) is 2.77. The van der Waals surface area contributed by atoms with Crippen LogP contribution in [0.15, 0.2) is 24.3 Å². The molecule has 1 aliphatic rings. The fourth-order valence-electron chi connectivity index (χ4n) is 2.64. The first-order chi connectivity index (χ1) is 9.16. The maximum Gasteiger partial charge on any atom is 0.220 e. The molecule has 0 aliphatic heterocycles. The first-order valence-corrected chi connectivity index (χ1v) is 6.92. The molecule has 1 fully saturated rings. The number of amides is 1. The highest BCUT2D eigenvalue weighted by atomic mass is 19.1. The van der Waals surface area contributed by atoms with E-state index in [-0.39, 0.29) is 30.2 Å². The highest BCUT2D eigenvalue weighted by Gasteiger charge is 2.23. The van der Waals surface area contributed by atoms with Gasteiger partial charge in [0.15, 0.2) is 0 Å². The summed E-state index contributed by atoms with van der Waals surface area (Å²) in [6.45, 7) is 0.244. The van der Waals surface area contributed by atoms with Crippen LogP contribution >= 0.6 is 0 Å². The number of hydrogen-bond acceptors (Lipinski definition) is 2. The third-order valence-corrected chi connectivity index (χ3v) is 3.85. The minimum Gasteiger partial charge on any atom is -0.352 e. The van der Waals surface area contributed by atoms with Crippen molar-refractivity contribution in [3.63, 3.8) is 0 Å². The van der Waals surface area contributed by atoms with Crippen LogP contribution in [0.2, 0.25) is 0 Å². The minimum absolute atomic E-state index is 0.0365. The van der Waals surface area contributed by atoms with Crippen LogP contribution < -0.4 is 11.1 Å². The summed E-state index contributed by atoms with van der Waals surface area (Å²) in [6.07, 6.45) is 4.79. The fourth-order valence-corrected chi connectivity index (χ4v) is 2.64. The molecule has 3 nitrogen and oxygen atoms in total. The van der Waals surface area contributed by atoms with Gasteiger partial charge in [-0.2, -0.15) is 0 Å². The summed E-state index contributed by atoms with van der Waals surface area (Å²) in [4.78, 5) is 11.9. The molecular weight excluding hydrogens is 243 g/mol. The molecular formula is C15H21FN2O. The van der Waals surface area contributed by atoms with Crippen LogP contribution in [0.1, 0.15) is 37.7 Å². The lowest BCUT2D eigenvalue weighted by Crippen LogP contribution is -2.37. The van der Waals surface area contributed by atoms with E-state index in [1.165, 1.54) is 6.07 Å². The van der Waals surface area contributed by atoms with Crippen LogP contribution in [0, 0.1) is 11.7 Å². The van der Waals surface area contributed by atoms with E-state index < -0.39 is 0 Å². The number of carbonyl (C=O) groups is 1. The lowest BCUT2D eigenvalue weighted by atomic mass is 9.83. The van der Waals surface area contributed by atoms with Crippen LogP contribution in [-0.4, -0.2) is 11.9 Å². The Morgan fingerprint density at radius 3 is 2.79 bits per heavy atom. The maximum absolute atomic E-state index is 13.4. The van der Waals surface area contributed by atoms with Crippen molar-refractivity contribution >= 4 is 5.91 Å². The molecule has 0 bridgehead atoms. The fraction of sp³-hybridized carbons (Fsp3) is 0.533. The molecule has 0 radical (unpaired) electrons. The van der Waals surface area contributed by atoms with Gasteiger partial charge in [0.2, 0.25) is 5.91 Å². The van der Waals surface area contributed by atoms with E-state index in [2.05, 4.69) is 5.32 Å². The summed E-state index contributed by atoms with van der Waals surface area (Å²) in [6, 6.07) is 6.62. The van der Waals surface area contributed by atoms with Crippen molar-refractivity contribution in [2.24, 2.45) is 11.7 Å². The summed E-state index contributed by atoms with van der Waals surface area (Å²) in [7, 11) is 0. The first kappa shape index (κ1) is 14.0. The largest absolute Gasteiger partial charge is 0.352 e. The van der Waals surface area contributed by atoms with Gasteiger partial charge in [-0.15, -0.1) is 0 Å². The number of rotatable bonds is 4. The molecule has 1 amide bonds. The number of nitrogens with two attached hydrogens (primary N) is 1. The van der Waals surface area contributed by atoms with E-state index in [4.69, 9.17) is 5.73 Å². The lowest BCUT2D eigenvalue weighted by Gasteiger charge is -2.27. The predicted molar refractivity (Wildman–Crippen MR) is 72.8 cm³/mol. The molecule has 1 aliphatic carbocycles. The van der Waals surface area contributed by atoms with Gasteiger partial charge in [-0.1, -0.05) is 31.0 Å². The second-order valence-corrected chi connectivity index (χ2v) is 5.28. The molecule has 0 spiro atoms. The highest BCUT2D eigenvalue weighted by Crippen LogP contribution is 2.25. The van der Waals surface area contributed by atoms with Crippen molar-refractivity contribution in [2.45, 2.75) is 44.7 Å². The zero-order valence-corrected chi connectivity index (χ0v) is 11.1. The van der Waals surface area contributed by atoms with Gasteiger partial charge in [-0.05, 0) is 24.8 Å². The van der Waals surface area contributed by atoms with Crippen molar-refractivity contribution in [3.8, 4) is 0 Å². The van der Waals surface area contributed by atoms with Gasteiger partial charge in [0.1, 0.15) is 5.82 Å². The van der Waals surface area contributed by atoms with E-state index in [9.17, 15) is 9.18 Å². The molecule has 2 rings (SSSR count). The Morgan fingerprint density at radius 2 is 2.05 bits per heavy atom. The van der Waals surface area contributed by atoms with Gasteiger partial charge in [0.05, 0.1) is 0 Å². The Bertz CT molecular complexity index is 436. The van der Waals surface area contributed by atoms with Gasteiger partial charge in [0.25, 0.3) is 0 Å². The van der Waals surface area contributed by atoms with Crippen LogP contribution in [0.25, 0.3) is 0 Å². The Morgan fingerprint density at radius 1 is 1.32 bits per heavy atom. The van der Waals surface area contributed by atoms with Crippen molar-refractivity contribution in [1.29, 1.82) is 0 Å². The quantitative estimate of drug-likeness (QED) is 0.877. The van der Waals surface area contributed by atoms with Crippen molar-refractivity contribution in [3.05, 3.63) is 35.6 Å². The normalized spacial score (nSPS) is 23.1. The van der Waals surface area contributed by atoms with Crippen LogP contribution in [0.3, 0.4) is 0 Å². The van der Waals surface area contributed by atoms with E-state index >= 15 is 0 Å². The highest BCUT2D eigenvalue weighted by molar-refractivity contribution is 5.76. The van der Waals surface area contributed by atoms with E-state index in [1.54, 1.807) is 18.2 Å². The Hall–Kier alpha value is -1.42. The molecule has 2 unspecified atom stereocenters. The number of benzene rings is 1. The number of nitrogens with one attached hydrogen (secondary N) is 1. The van der Waals surface area contributed by atoms with Gasteiger partial charge >= 0.3 is 0 Å². The Kier molecular flexibility index (Phi) is 4.91. The molecule has 104 valence electrons. The first-order valence-electron chi connectivity index (χ1n) is 6.92. The van der Waals surface area contributed by atoms with Crippen LogP contribution in [-0.2, 0) is 11.3 Å². The molecule has 0 aromatic heterocycles. The molecule has 0 heterocycles. The minimum atomic E-state index is -0.280. The third kappa shape index (κ3) is 4.03. The number of hydrogen-bond donors (Lipinski definition) is 2. The summed E-state index contributed by atoms with van der Waals surface area (Å²) >= 11 is 0. The Labute approximate surface area is 113 Å². The zero-order chi connectivity index (χ0) is 13.7. The molecule has 19 heavy (non-hydrogen) atoms. The van der Waals surface area contributed by atoms with Gasteiger partial charge < -0.3 is 11.1 Å². The topological polar surface area (TPSA) is 55.1 Å². The van der Waals surface area contributed by atoms with Crippen molar-refractivity contribution in [1.82, 2.24) is 5.32 Å². The van der Waals surface area contributed by atoms with E-state index in [0.717, 1.165) is 25.7 Å². The number of carbonyl (C=O) groups excluding carboxylic acids is 1. The third-order valence-electron chi connectivity index (χ3n) is 3.85. The van der Waals surface area contributed by atoms with E-state index in [1.807, 2.05) is 0 Å². The molecule has 1 aromatic rings. The maximum atomic E-state index is 13.4. The summed E-state index contributed by atoms with van der Waals surface area (Å²) < 4.78 is 13.4. The average molecular weight is 264 g/mol. The van der Waals surface area contributed by atoms with Crippen molar-refractivity contribution < 1.29 is 9.18 Å². The zero-order valence-electron chi connectivity index (χ0n) is 11.1. The molecule has 3 N–H and O–H groups in total. The molecule has 4 heteroatoms. The molecule has 1 aromatic carbocycles. The molecule has 0 saturated heterocycles. The Balaban J connectivity index is 1.80. The van der Waals surface area contributed by atoms with Crippen molar-refractivity contribution in [2.75, 3.05) is 0 Å². The summed E-state index contributed by atoms with van der Waals surface area (Å²) in [5.74, 6) is -0.0443. The predicted octanol–water partition coefficient (Wildman–Crippen LogP) is 2.35. The standard InChI is InChI=1S/C15H21FN2O/c16-13-7-3-1-6-12(13)10-18-15(19)9-11-5-2-4-8-14(11)17/h1,3,6-7,11,14H,2,4-5,8-10,17H2,(H,18,19). The SMILES string of the molecule is NC1CCCCC1CC(=O)NCc1ccccc1F. The second-order valence-electron chi connectivity index (χ2n) is 5.28. The van der Waals surface area contributed by atoms with Crippen LogP contribution in [0.4, 0.5) is 4.39 Å². The van der Waals surface area contributed by atoms with E-state index in [0.29, 0.717) is 12.0 Å². The van der Waals surface area contributed by atoms with Crippen LogP contribution in [0.5, 0.6) is 0 Å². The lowest BCUT2D eigenvalue weighted by molar-refractivity contribution is -0.122. The van der Waals surface area contributed by atoms with Gasteiger partial charge in [-0.25, -0.2) is 4.39 Å². The van der Waals surface area contributed by atoms with Gasteiger partial charge in [0, 0.05) is 24.6 Å². The smallest absolute Gasteiger partial charge is 0.220 e. The second kappa shape index (κ2) is 6.66. The summed E-state index contributed by atoms with van der Waals surface area (Å²) in [5.41, 5.74) is 6.54. The average Bonchev–Trinajstić information content (AvgIpc) is 2.40.